The summed E-state index contributed by atoms with van der Waals surface area (Å²) < 4.78 is 10.4. The number of carboxylic acids is 1. The third-order valence-electron chi connectivity index (χ3n) is 6.09. The van der Waals surface area contributed by atoms with Gasteiger partial charge >= 0.3 is 5.97 Å². The van der Waals surface area contributed by atoms with E-state index >= 15 is 0 Å². The minimum absolute atomic E-state index is 0.0705. The molecule has 32 heavy (non-hydrogen) atoms. The van der Waals surface area contributed by atoms with Crippen LogP contribution in [-0.2, 0) is 9.59 Å². The Morgan fingerprint density at radius 2 is 1.78 bits per heavy atom. The van der Waals surface area contributed by atoms with E-state index in [4.69, 9.17) is 9.47 Å². The highest BCUT2D eigenvalue weighted by atomic mass is 16.5. The van der Waals surface area contributed by atoms with Crippen molar-refractivity contribution in [3.8, 4) is 17.2 Å². The van der Waals surface area contributed by atoms with Gasteiger partial charge in [-0.2, -0.15) is 0 Å². The summed E-state index contributed by atoms with van der Waals surface area (Å²) in [6.45, 7) is 7.41. The Balaban J connectivity index is 2.05. The second-order valence-corrected chi connectivity index (χ2v) is 8.06. The van der Waals surface area contributed by atoms with E-state index in [2.05, 4.69) is 13.5 Å². The van der Waals surface area contributed by atoms with Crippen LogP contribution in [0.3, 0.4) is 0 Å². The first-order valence-corrected chi connectivity index (χ1v) is 10.4. The smallest absolute Gasteiger partial charge is 0.331 e. The molecule has 2 aliphatic rings. The minimum atomic E-state index is -1.02. The van der Waals surface area contributed by atoms with Crippen molar-refractivity contribution in [3.05, 3.63) is 70.4 Å². The van der Waals surface area contributed by atoms with Crippen molar-refractivity contribution in [3.63, 3.8) is 0 Å². The molecular formula is C26H28O6. The second kappa shape index (κ2) is 9.30. The van der Waals surface area contributed by atoms with Crippen molar-refractivity contribution >= 4 is 17.8 Å². The predicted molar refractivity (Wildman–Crippen MR) is 123 cm³/mol. The van der Waals surface area contributed by atoms with Crippen molar-refractivity contribution in [2.75, 3.05) is 14.2 Å². The minimum Gasteiger partial charge on any atom is -0.502 e. The summed E-state index contributed by atoms with van der Waals surface area (Å²) in [5.41, 5.74) is 4.09. The van der Waals surface area contributed by atoms with E-state index in [1.165, 1.54) is 21.1 Å². The molecule has 0 heterocycles. The van der Waals surface area contributed by atoms with Gasteiger partial charge in [0.05, 0.1) is 14.2 Å². The maximum atomic E-state index is 12.4. The van der Waals surface area contributed by atoms with Crippen molar-refractivity contribution in [1.29, 1.82) is 0 Å². The third-order valence-corrected chi connectivity index (χ3v) is 6.09. The molecule has 0 fully saturated rings. The number of phenolic OH excluding ortho intramolecular Hbond substituents is 1. The molecule has 0 saturated carbocycles. The maximum Gasteiger partial charge on any atom is 0.331 e. The number of aliphatic carboxylic acids is 1. The van der Waals surface area contributed by atoms with Crippen LogP contribution in [0.15, 0.2) is 64.8 Å². The standard InChI is InChI=1S/C26H28O6/c1-14-9-10-18(15(2)26(29)30)24-19(21(16(3)27)13-20(14)24)8-6-7-17-11-22(31-4)25(28)23(12-17)32-5/h6-8,11-14,18,28H,2,9-10H2,1,3-5H3,(H,29,30)/b7-6+,19-8-/t14-,18+/m1/s1. The number of Topliss-reactive ketones (excluding diaryl/α,β-unsaturated/α-hetero) is 1. The average Bonchev–Trinajstić information content (AvgIpc) is 3.15. The molecule has 2 aliphatic carbocycles. The lowest BCUT2D eigenvalue weighted by atomic mass is 9.74. The second-order valence-electron chi connectivity index (χ2n) is 8.06. The summed E-state index contributed by atoms with van der Waals surface area (Å²) in [6, 6.07) is 3.34. The fourth-order valence-corrected chi connectivity index (χ4v) is 4.36. The summed E-state index contributed by atoms with van der Waals surface area (Å²) in [5.74, 6) is -0.705. The number of carbonyl (C=O) groups excluding carboxylic acids is 1. The number of benzene rings is 1. The molecule has 0 unspecified atom stereocenters. The van der Waals surface area contributed by atoms with Crippen LogP contribution < -0.4 is 9.47 Å². The number of hydrogen-bond acceptors (Lipinski definition) is 5. The average molecular weight is 437 g/mol. The van der Waals surface area contributed by atoms with Gasteiger partial charge in [0.2, 0.25) is 5.75 Å². The zero-order valence-corrected chi connectivity index (χ0v) is 18.8. The quantitative estimate of drug-likeness (QED) is 0.593. The van der Waals surface area contributed by atoms with Gasteiger partial charge in [0.25, 0.3) is 0 Å². The van der Waals surface area contributed by atoms with E-state index < -0.39 is 5.97 Å². The Labute approximate surface area is 187 Å². The molecule has 1 aromatic carbocycles. The number of rotatable bonds is 7. The Kier molecular flexibility index (Phi) is 6.72. The van der Waals surface area contributed by atoms with Gasteiger partial charge in [0, 0.05) is 17.1 Å². The van der Waals surface area contributed by atoms with Crippen molar-refractivity contribution in [2.45, 2.75) is 26.7 Å². The van der Waals surface area contributed by atoms with Crippen LogP contribution in [0.1, 0.15) is 32.3 Å². The van der Waals surface area contributed by atoms with E-state index in [0.29, 0.717) is 12.0 Å². The number of methoxy groups -OCH3 is 2. The lowest BCUT2D eigenvalue weighted by Crippen LogP contribution is -2.21. The van der Waals surface area contributed by atoms with E-state index in [9.17, 15) is 19.8 Å². The third kappa shape index (κ3) is 4.26. The van der Waals surface area contributed by atoms with Crippen LogP contribution in [0.25, 0.3) is 6.08 Å². The van der Waals surface area contributed by atoms with Gasteiger partial charge < -0.3 is 19.7 Å². The maximum absolute atomic E-state index is 12.4. The first-order chi connectivity index (χ1) is 15.2. The lowest BCUT2D eigenvalue weighted by Gasteiger charge is -2.30. The number of carboxylic acid groups (broad SMARTS) is 1. The van der Waals surface area contributed by atoms with Gasteiger partial charge in [-0.15, -0.1) is 0 Å². The fraction of sp³-hybridized carbons (Fsp3) is 0.308. The number of phenols is 1. The van der Waals surface area contributed by atoms with Gasteiger partial charge in [-0.25, -0.2) is 4.79 Å². The molecule has 168 valence electrons. The molecular weight excluding hydrogens is 408 g/mol. The summed E-state index contributed by atoms with van der Waals surface area (Å²) in [4.78, 5) is 24.0. The SMILES string of the molecule is C=C(C(=O)O)[C@@H]1CC[C@@H](C)C2=C1/C(=C\C=C\c1cc(OC)c(O)c(OC)c1)C(C(C)=O)=C2. The predicted octanol–water partition coefficient (Wildman–Crippen LogP) is 4.86. The molecule has 0 spiro atoms. The van der Waals surface area contributed by atoms with E-state index in [0.717, 1.165) is 28.7 Å². The molecule has 3 rings (SSSR count). The van der Waals surface area contributed by atoms with Gasteiger partial charge in [0.1, 0.15) is 0 Å². The summed E-state index contributed by atoms with van der Waals surface area (Å²) in [7, 11) is 2.92. The number of allylic oxidation sites excluding steroid dienone is 7. The zero-order valence-electron chi connectivity index (χ0n) is 18.8. The van der Waals surface area contributed by atoms with Crippen LogP contribution in [0, 0.1) is 11.8 Å². The van der Waals surface area contributed by atoms with Gasteiger partial charge in [0.15, 0.2) is 17.3 Å². The summed E-state index contributed by atoms with van der Waals surface area (Å²) in [6.07, 6.45) is 8.86. The monoisotopic (exact) mass is 436 g/mol. The molecule has 6 heteroatoms. The molecule has 6 nitrogen and oxygen atoms in total. The first-order valence-electron chi connectivity index (χ1n) is 10.4. The van der Waals surface area contributed by atoms with Gasteiger partial charge in [-0.05, 0) is 66.2 Å². The van der Waals surface area contributed by atoms with Crippen molar-refractivity contribution < 1.29 is 29.3 Å². The Morgan fingerprint density at radius 1 is 1.16 bits per heavy atom. The molecule has 1 aromatic rings. The highest BCUT2D eigenvalue weighted by Gasteiger charge is 2.37. The van der Waals surface area contributed by atoms with Crippen molar-refractivity contribution in [1.82, 2.24) is 0 Å². The van der Waals surface area contributed by atoms with Crippen LogP contribution in [-0.4, -0.2) is 36.2 Å². The first kappa shape index (κ1) is 23.1. The van der Waals surface area contributed by atoms with E-state index in [1.54, 1.807) is 24.3 Å². The number of ether oxygens (including phenoxy) is 2. The summed E-state index contributed by atoms with van der Waals surface area (Å²) >= 11 is 0. The Hall–Kier alpha value is -3.54. The molecule has 2 N–H and O–H groups in total. The highest BCUT2D eigenvalue weighted by molar-refractivity contribution is 6.02. The molecule has 0 saturated heterocycles. The summed E-state index contributed by atoms with van der Waals surface area (Å²) in [5, 5.41) is 19.6. The van der Waals surface area contributed by atoms with Crippen LogP contribution in [0.4, 0.5) is 0 Å². The fourth-order valence-electron chi connectivity index (χ4n) is 4.36. The zero-order chi connectivity index (χ0) is 23.6. The number of aromatic hydroxyl groups is 1. The number of ketones is 1. The van der Waals surface area contributed by atoms with E-state index in [-0.39, 0.29) is 40.4 Å². The normalized spacial score (nSPS) is 21.5. The van der Waals surface area contributed by atoms with Crippen molar-refractivity contribution in [2.24, 2.45) is 11.8 Å². The van der Waals surface area contributed by atoms with Gasteiger partial charge in [-0.1, -0.05) is 31.7 Å². The Morgan fingerprint density at radius 3 is 2.31 bits per heavy atom. The molecule has 0 aliphatic heterocycles. The molecule has 0 bridgehead atoms. The van der Waals surface area contributed by atoms with Crippen LogP contribution >= 0.6 is 0 Å². The molecule has 0 radical (unpaired) electrons. The molecule has 0 aromatic heterocycles. The molecule has 0 amide bonds. The van der Waals surface area contributed by atoms with Crippen LogP contribution in [0.5, 0.6) is 17.2 Å². The largest absolute Gasteiger partial charge is 0.502 e. The topological polar surface area (TPSA) is 93.1 Å². The number of hydrogen-bond donors (Lipinski definition) is 2. The van der Waals surface area contributed by atoms with Gasteiger partial charge in [-0.3, -0.25) is 4.79 Å². The lowest BCUT2D eigenvalue weighted by molar-refractivity contribution is -0.133. The highest BCUT2D eigenvalue weighted by Crippen LogP contribution is 2.48. The van der Waals surface area contributed by atoms with Crippen LogP contribution in [0.2, 0.25) is 0 Å². The Bertz CT molecular complexity index is 1070. The number of carbonyl (C=O) groups is 2. The molecule has 2 atom stereocenters. The van der Waals surface area contributed by atoms with E-state index in [1.807, 2.05) is 12.2 Å².